The first-order chi connectivity index (χ1) is 0. The molecule has 0 radical (unpaired) electrons. The Kier molecular flexibility index (Phi) is 204. The standard InChI is InChI=1S/Ca.2H2O.Ti/h;2*1H2;/q+2;;;+4/p-2. The Balaban J connectivity index is 0. The summed E-state index contributed by atoms with van der Waals surface area (Å²) in [5, 5.41) is 0. The number of rotatable bonds is 0. The van der Waals surface area contributed by atoms with Crippen molar-refractivity contribution in [2.24, 2.45) is 0 Å². The molecule has 0 spiro atoms. The normalized spacial score (nSPS) is 0. The predicted octanol–water partition coefficient (Wildman–Crippen LogP) is -0.737. The van der Waals surface area contributed by atoms with E-state index in [1.54, 1.807) is 0 Å². The first-order valence-electron chi connectivity index (χ1n) is 0. The fourth-order valence-corrected chi connectivity index (χ4v) is 0. The minimum Gasteiger partial charge on any atom is -0.870 e. The molecule has 0 fully saturated rings. The molecule has 0 amide bonds. The molecule has 0 aromatic heterocycles. The van der Waals surface area contributed by atoms with Gasteiger partial charge >= 0.3 is 59.5 Å². The largest absolute Gasteiger partial charge is 4.00 e. The average molecular weight is 122 g/mol. The molecule has 0 atom stereocenters. The molecule has 0 unspecified atom stereocenters. The maximum atomic E-state index is 0. The van der Waals surface area contributed by atoms with Crippen LogP contribution in [-0.2, 0) is 21.7 Å². The first kappa shape index (κ1) is 39.4. The Morgan fingerprint density at radius 2 is 0.750 bits per heavy atom. The summed E-state index contributed by atoms with van der Waals surface area (Å²) >= 11 is 0. The molecule has 0 aliphatic carbocycles. The summed E-state index contributed by atoms with van der Waals surface area (Å²) in [6, 6.07) is 0. The van der Waals surface area contributed by atoms with E-state index in [9.17, 15) is 0 Å². The third-order valence-electron chi connectivity index (χ3n) is 0. The monoisotopic (exact) mass is 122 g/mol. The summed E-state index contributed by atoms with van der Waals surface area (Å²) in [5.74, 6) is 0. The minimum absolute atomic E-state index is 0. The van der Waals surface area contributed by atoms with Crippen molar-refractivity contribution >= 4 is 37.7 Å². The summed E-state index contributed by atoms with van der Waals surface area (Å²) in [6.07, 6.45) is 0. The number of hydrogen-bond donors (Lipinski definition) is 0. The van der Waals surface area contributed by atoms with Crippen molar-refractivity contribution < 1.29 is 32.7 Å². The van der Waals surface area contributed by atoms with Gasteiger partial charge < -0.3 is 11.0 Å². The zero-order valence-corrected chi connectivity index (χ0v) is 5.87. The molecule has 0 heterocycles. The van der Waals surface area contributed by atoms with Crippen molar-refractivity contribution in [1.82, 2.24) is 0 Å². The van der Waals surface area contributed by atoms with Gasteiger partial charge in [0.25, 0.3) is 0 Å². The second-order valence-electron chi connectivity index (χ2n) is 0. The number of hydrogen-bond acceptors (Lipinski definition) is 2. The van der Waals surface area contributed by atoms with Gasteiger partial charge in [-0.1, -0.05) is 0 Å². The zero-order valence-electron chi connectivity index (χ0n) is 2.10. The van der Waals surface area contributed by atoms with Gasteiger partial charge in [-0.25, -0.2) is 0 Å². The fourth-order valence-electron chi connectivity index (χ4n) is 0. The second kappa shape index (κ2) is 20.7. The molecule has 16 valence electrons. The van der Waals surface area contributed by atoms with Gasteiger partial charge in [-0.2, -0.15) is 0 Å². The molecule has 0 aromatic rings. The van der Waals surface area contributed by atoms with E-state index in [4.69, 9.17) is 0 Å². The van der Waals surface area contributed by atoms with E-state index < -0.39 is 0 Å². The summed E-state index contributed by atoms with van der Waals surface area (Å²) in [6.45, 7) is 0. The topological polar surface area (TPSA) is 60.0 Å². The Labute approximate surface area is 69.5 Å². The van der Waals surface area contributed by atoms with E-state index in [2.05, 4.69) is 0 Å². The molecule has 0 bridgehead atoms. The third kappa shape index (κ3) is 9.09. The van der Waals surface area contributed by atoms with Crippen LogP contribution in [0, 0.1) is 0 Å². The predicted molar refractivity (Wildman–Crippen MR) is 9.63 cm³/mol. The molecule has 0 rings (SSSR count). The van der Waals surface area contributed by atoms with Crippen LogP contribution in [0.3, 0.4) is 0 Å². The van der Waals surface area contributed by atoms with Crippen LogP contribution in [-0.4, -0.2) is 48.7 Å². The first-order valence-corrected chi connectivity index (χ1v) is 0. The molecule has 2 nitrogen and oxygen atoms in total. The molecule has 4 heteroatoms. The van der Waals surface area contributed by atoms with Gasteiger partial charge in [0.1, 0.15) is 0 Å². The molecule has 2 N–H and O–H groups in total. The van der Waals surface area contributed by atoms with E-state index >= 15 is 0 Å². The van der Waals surface area contributed by atoms with Crippen LogP contribution in [0.15, 0.2) is 0 Å². The third-order valence-corrected chi connectivity index (χ3v) is 0. The van der Waals surface area contributed by atoms with Crippen LogP contribution in [0.2, 0.25) is 0 Å². The van der Waals surface area contributed by atoms with Crippen molar-refractivity contribution in [3.05, 3.63) is 0 Å². The Hall–Kier alpha value is 1.89. The molecule has 0 aromatic carbocycles. The summed E-state index contributed by atoms with van der Waals surface area (Å²) in [4.78, 5) is 0. The Morgan fingerprint density at radius 3 is 0.750 bits per heavy atom. The molecule has 4 heavy (non-hydrogen) atoms. The molecular weight excluding hydrogens is 120 g/mol. The van der Waals surface area contributed by atoms with Crippen molar-refractivity contribution in [2.45, 2.75) is 0 Å². The molecular formula is H2CaO2Ti+4. The molecule has 0 aliphatic rings. The van der Waals surface area contributed by atoms with E-state index in [1.807, 2.05) is 0 Å². The summed E-state index contributed by atoms with van der Waals surface area (Å²) in [5.41, 5.74) is 0. The van der Waals surface area contributed by atoms with Crippen LogP contribution in [0.1, 0.15) is 0 Å². The van der Waals surface area contributed by atoms with Crippen LogP contribution in [0.5, 0.6) is 0 Å². The van der Waals surface area contributed by atoms with Crippen molar-refractivity contribution in [3.8, 4) is 0 Å². The van der Waals surface area contributed by atoms with Gasteiger partial charge in [0.15, 0.2) is 0 Å². The quantitative estimate of drug-likeness (QED) is 0.397. The van der Waals surface area contributed by atoms with Gasteiger partial charge in [0, 0.05) is 0 Å². The van der Waals surface area contributed by atoms with Gasteiger partial charge in [0.05, 0.1) is 0 Å². The second-order valence-corrected chi connectivity index (χ2v) is 0. The zero-order chi connectivity index (χ0) is 0. The van der Waals surface area contributed by atoms with E-state index in [-0.39, 0.29) is 70.4 Å². The summed E-state index contributed by atoms with van der Waals surface area (Å²) in [7, 11) is 0. The van der Waals surface area contributed by atoms with E-state index in [1.165, 1.54) is 0 Å². The minimum atomic E-state index is 0. The summed E-state index contributed by atoms with van der Waals surface area (Å²) < 4.78 is 0. The Bertz CT molecular complexity index is 6.00. The van der Waals surface area contributed by atoms with Crippen LogP contribution in [0.25, 0.3) is 0 Å². The van der Waals surface area contributed by atoms with Gasteiger partial charge in [-0.3, -0.25) is 0 Å². The van der Waals surface area contributed by atoms with Crippen molar-refractivity contribution in [3.63, 3.8) is 0 Å². The maximum Gasteiger partial charge on any atom is 4.00 e. The Morgan fingerprint density at radius 1 is 0.750 bits per heavy atom. The fraction of sp³-hybridized carbons (Fsp3) is 0. The van der Waals surface area contributed by atoms with Crippen LogP contribution >= 0.6 is 0 Å². The maximum absolute atomic E-state index is 0. The molecule has 0 saturated heterocycles. The molecule has 0 aliphatic heterocycles. The van der Waals surface area contributed by atoms with Gasteiger partial charge in [-0.15, -0.1) is 0 Å². The SMILES string of the molecule is [Ca+2].[OH-].[OH-].[Ti+4]. The van der Waals surface area contributed by atoms with Crippen LogP contribution in [0.4, 0.5) is 0 Å². The molecule has 0 saturated carbocycles. The van der Waals surface area contributed by atoms with Gasteiger partial charge in [0.2, 0.25) is 0 Å². The van der Waals surface area contributed by atoms with Crippen molar-refractivity contribution in [2.75, 3.05) is 0 Å². The van der Waals surface area contributed by atoms with E-state index in [0.29, 0.717) is 0 Å². The van der Waals surface area contributed by atoms with Gasteiger partial charge in [-0.05, 0) is 0 Å². The van der Waals surface area contributed by atoms with Crippen LogP contribution < -0.4 is 0 Å². The van der Waals surface area contributed by atoms with Crippen molar-refractivity contribution in [1.29, 1.82) is 0 Å². The average Bonchev–Trinajstić information content (AvgIpc) is 0. The smallest absolute Gasteiger partial charge is 0.870 e. The van der Waals surface area contributed by atoms with E-state index in [0.717, 1.165) is 0 Å².